The first-order chi connectivity index (χ1) is 11.5. The Bertz CT molecular complexity index is 508. The third kappa shape index (κ3) is 3.68. The number of ether oxygens (including phenoxy) is 1. The van der Waals surface area contributed by atoms with Crippen molar-refractivity contribution in [3.05, 3.63) is 0 Å². The number of nitrogens with one attached hydrogen (secondary N) is 2. The topological polar surface area (TPSA) is 48.9 Å². The van der Waals surface area contributed by atoms with Crippen LogP contribution in [0.2, 0.25) is 0 Å². The van der Waals surface area contributed by atoms with Gasteiger partial charge in [-0.3, -0.25) is 9.89 Å². The molecule has 0 radical (unpaired) electrons. The molecule has 0 spiro atoms. The quantitative estimate of drug-likeness (QED) is 0.385. The van der Waals surface area contributed by atoms with Gasteiger partial charge in [-0.1, -0.05) is 13.8 Å². The van der Waals surface area contributed by atoms with Crippen LogP contribution in [0.25, 0.3) is 0 Å². The lowest BCUT2D eigenvalue weighted by atomic mass is 9.55. The largest absolute Gasteiger partial charge is 0.377 e. The number of nitrogens with zero attached hydrogens (tertiary/aromatic N) is 2. The van der Waals surface area contributed by atoms with E-state index < -0.39 is 0 Å². The molecule has 25 heavy (non-hydrogen) atoms. The molecule has 0 amide bonds. The Morgan fingerprint density at radius 3 is 2.64 bits per heavy atom. The summed E-state index contributed by atoms with van der Waals surface area (Å²) in [6, 6.07) is 2.54. The minimum Gasteiger partial charge on any atom is -0.377 e. The first kappa shape index (κ1) is 19.7. The van der Waals surface area contributed by atoms with E-state index in [0.29, 0.717) is 30.1 Å². The maximum Gasteiger partial charge on any atom is 0.191 e. The second-order valence-corrected chi connectivity index (χ2v) is 8.97. The molecule has 4 aliphatic rings. The Hall–Kier alpha value is -0.0800. The van der Waals surface area contributed by atoms with Crippen LogP contribution in [0.1, 0.15) is 52.9 Å². The third-order valence-corrected chi connectivity index (χ3v) is 6.83. The predicted octanol–water partition coefficient (Wildman–Crippen LogP) is 2.60. The average molecular weight is 462 g/mol. The zero-order valence-corrected chi connectivity index (χ0v) is 18.5. The van der Waals surface area contributed by atoms with Crippen LogP contribution in [0.5, 0.6) is 0 Å². The lowest BCUT2D eigenvalue weighted by molar-refractivity contribution is -0.188. The summed E-state index contributed by atoms with van der Waals surface area (Å²) >= 11 is 0. The van der Waals surface area contributed by atoms with Crippen molar-refractivity contribution in [1.29, 1.82) is 0 Å². The van der Waals surface area contributed by atoms with Gasteiger partial charge in [0.05, 0.1) is 6.10 Å². The molecule has 5 unspecified atom stereocenters. The van der Waals surface area contributed by atoms with E-state index in [1.807, 2.05) is 7.05 Å². The highest BCUT2D eigenvalue weighted by Gasteiger charge is 2.58. The molecule has 2 N–H and O–H groups in total. The van der Waals surface area contributed by atoms with Crippen molar-refractivity contribution in [3.8, 4) is 0 Å². The maximum atomic E-state index is 6.03. The molecule has 2 saturated carbocycles. The molecule has 2 saturated heterocycles. The lowest BCUT2D eigenvalue weighted by Gasteiger charge is -2.60. The van der Waals surface area contributed by atoms with Crippen LogP contribution in [0.3, 0.4) is 0 Å². The zero-order valence-electron chi connectivity index (χ0n) is 16.1. The predicted molar refractivity (Wildman–Crippen MR) is 113 cm³/mol. The van der Waals surface area contributed by atoms with Gasteiger partial charge in [-0.25, -0.2) is 0 Å². The van der Waals surface area contributed by atoms with E-state index in [2.05, 4.69) is 41.3 Å². The number of hydrogen-bond donors (Lipinski definition) is 2. The van der Waals surface area contributed by atoms with Crippen LogP contribution in [0.4, 0.5) is 0 Å². The van der Waals surface area contributed by atoms with E-state index in [1.54, 1.807) is 0 Å². The number of likely N-dealkylation sites (tertiary alicyclic amines) is 1. The first-order valence-electron chi connectivity index (χ1n) is 9.88. The van der Waals surface area contributed by atoms with Gasteiger partial charge in [-0.15, -0.1) is 24.0 Å². The highest BCUT2D eigenvalue weighted by Crippen LogP contribution is 2.51. The number of guanidine groups is 1. The van der Waals surface area contributed by atoms with Crippen molar-refractivity contribution in [3.63, 3.8) is 0 Å². The zero-order chi connectivity index (χ0) is 16.9. The molecule has 4 rings (SSSR count). The summed E-state index contributed by atoms with van der Waals surface area (Å²) in [4.78, 5) is 7.21. The van der Waals surface area contributed by atoms with E-state index in [1.165, 1.54) is 32.1 Å². The highest BCUT2D eigenvalue weighted by molar-refractivity contribution is 14.0. The first-order valence-corrected chi connectivity index (χ1v) is 9.88. The van der Waals surface area contributed by atoms with Crippen LogP contribution in [-0.2, 0) is 4.74 Å². The second-order valence-electron chi connectivity index (χ2n) is 8.97. The van der Waals surface area contributed by atoms with Crippen molar-refractivity contribution < 1.29 is 4.74 Å². The normalized spacial score (nSPS) is 40.6. The van der Waals surface area contributed by atoms with E-state index in [9.17, 15) is 0 Å². The summed E-state index contributed by atoms with van der Waals surface area (Å²) in [5, 5.41) is 7.43. The van der Waals surface area contributed by atoms with Gasteiger partial charge >= 0.3 is 0 Å². The molecule has 0 aromatic carbocycles. The summed E-state index contributed by atoms with van der Waals surface area (Å²) < 4.78 is 6.03. The van der Waals surface area contributed by atoms with Gasteiger partial charge in [-0.2, -0.15) is 0 Å². The van der Waals surface area contributed by atoms with Gasteiger partial charge in [0.1, 0.15) is 0 Å². The second kappa shape index (κ2) is 7.50. The molecule has 0 bridgehead atoms. The molecule has 4 fully saturated rings. The molecule has 2 aliphatic heterocycles. The van der Waals surface area contributed by atoms with Gasteiger partial charge in [0.15, 0.2) is 5.96 Å². The van der Waals surface area contributed by atoms with E-state index in [0.717, 1.165) is 25.2 Å². The fourth-order valence-electron chi connectivity index (χ4n) is 5.40. The Morgan fingerprint density at radius 1 is 1.20 bits per heavy atom. The molecule has 0 aromatic heterocycles. The summed E-state index contributed by atoms with van der Waals surface area (Å²) in [6.07, 6.45) is 6.89. The van der Waals surface area contributed by atoms with Crippen molar-refractivity contribution in [2.24, 2.45) is 16.3 Å². The SMILES string of the molecule is CN=C(NC1CC(C)N(C2CC2)C1)NC1C2CCCOC2C1(C)C.I. The van der Waals surface area contributed by atoms with Gasteiger partial charge in [-0.05, 0) is 39.0 Å². The summed E-state index contributed by atoms with van der Waals surface area (Å²) in [5.74, 6) is 1.62. The summed E-state index contributed by atoms with van der Waals surface area (Å²) in [7, 11) is 1.90. The summed E-state index contributed by atoms with van der Waals surface area (Å²) in [5.41, 5.74) is 0.186. The fraction of sp³-hybridized carbons (Fsp3) is 0.947. The number of halogens is 1. The highest BCUT2D eigenvalue weighted by atomic mass is 127. The van der Waals surface area contributed by atoms with E-state index in [-0.39, 0.29) is 29.4 Å². The summed E-state index contributed by atoms with van der Waals surface area (Å²) in [6.45, 7) is 9.13. The lowest BCUT2D eigenvalue weighted by Crippen LogP contribution is -2.71. The van der Waals surface area contributed by atoms with Crippen LogP contribution in [-0.4, -0.2) is 61.3 Å². The van der Waals surface area contributed by atoms with E-state index in [4.69, 9.17) is 4.74 Å². The number of hydrogen-bond acceptors (Lipinski definition) is 3. The number of aliphatic imine (C=N–C) groups is 1. The van der Waals surface area contributed by atoms with E-state index >= 15 is 0 Å². The molecule has 5 atom stereocenters. The molecular weight excluding hydrogens is 427 g/mol. The third-order valence-electron chi connectivity index (χ3n) is 6.83. The van der Waals surface area contributed by atoms with Gasteiger partial charge in [0, 0.05) is 55.7 Å². The van der Waals surface area contributed by atoms with Crippen LogP contribution in [0, 0.1) is 11.3 Å². The molecule has 2 aliphatic carbocycles. The average Bonchev–Trinajstić information content (AvgIpc) is 3.34. The van der Waals surface area contributed by atoms with Crippen LogP contribution >= 0.6 is 24.0 Å². The minimum absolute atomic E-state index is 0. The monoisotopic (exact) mass is 462 g/mol. The fourth-order valence-corrected chi connectivity index (χ4v) is 5.40. The van der Waals surface area contributed by atoms with Crippen molar-refractivity contribution in [2.45, 2.75) is 83.1 Å². The van der Waals surface area contributed by atoms with Gasteiger partial charge in [0.2, 0.25) is 0 Å². The molecule has 144 valence electrons. The van der Waals surface area contributed by atoms with Crippen LogP contribution in [0.15, 0.2) is 4.99 Å². The Morgan fingerprint density at radius 2 is 1.96 bits per heavy atom. The number of rotatable bonds is 3. The van der Waals surface area contributed by atoms with Crippen molar-refractivity contribution >= 4 is 29.9 Å². The number of fused-ring (bicyclic) bond motifs is 1. The smallest absolute Gasteiger partial charge is 0.191 e. The van der Waals surface area contributed by atoms with Gasteiger partial charge < -0.3 is 15.4 Å². The van der Waals surface area contributed by atoms with Crippen molar-refractivity contribution in [1.82, 2.24) is 15.5 Å². The molecular formula is C19H35IN4O. The Labute approximate surface area is 169 Å². The molecule has 2 heterocycles. The van der Waals surface area contributed by atoms with Crippen LogP contribution < -0.4 is 10.6 Å². The maximum absolute atomic E-state index is 6.03. The van der Waals surface area contributed by atoms with Crippen molar-refractivity contribution in [2.75, 3.05) is 20.2 Å². The molecule has 0 aromatic rings. The standard InChI is InChI=1S/C19H34N4O.HI/c1-12-10-13(11-23(12)14-7-8-14)21-18(20-4)22-16-15-6-5-9-24-17(15)19(16,2)3;/h12-17H,5-11H2,1-4H3,(H2,20,21,22);1H. The minimum atomic E-state index is 0. The molecule has 6 heteroatoms. The Balaban J connectivity index is 0.00000182. The molecule has 5 nitrogen and oxygen atoms in total. The van der Waals surface area contributed by atoms with Gasteiger partial charge in [0.25, 0.3) is 0 Å². The Kier molecular flexibility index (Phi) is 5.91.